The molecule has 5 fully saturated rings. The Hall–Kier alpha value is 1.48. The Morgan fingerprint density at radius 3 is 1.81 bits per heavy atom. The zero-order valence-corrected chi connectivity index (χ0v) is 32.8. The molecule has 0 aromatic rings. The predicted molar refractivity (Wildman–Crippen MR) is 149 cm³/mol. The van der Waals surface area contributed by atoms with Crippen molar-refractivity contribution in [2.45, 2.75) is 118 Å². The Labute approximate surface area is 298 Å². The van der Waals surface area contributed by atoms with E-state index in [1.54, 1.807) is 0 Å². The molecule has 5 aliphatic rings. The third-order valence-corrected chi connectivity index (χ3v) is 14.9. The van der Waals surface area contributed by atoms with Crippen LogP contribution >= 0.6 is 0 Å². The maximum absolute atomic E-state index is 12.0. The van der Waals surface area contributed by atoms with Crippen molar-refractivity contribution in [1.82, 2.24) is 0 Å². The number of fused-ring (bicyclic) bond motifs is 7. The van der Waals surface area contributed by atoms with Crippen molar-refractivity contribution >= 4 is 20.8 Å². The van der Waals surface area contributed by atoms with E-state index >= 15 is 0 Å². The average molecular weight is 647 g/mol. The summed E-state index contributed by atoms with van der Waals surface area (Å²) in [6, 6.07) is 0. The predicted octanol–water partition coefficient (Wildman–Crippen LogP) is -0.0274. The van der Waals surface area contributed by atoms with E-state index in [0.717, 1.165) is 50.5 Å². The van der Waals surface area contributed by atoms with E-state index < -0.39 is 43.8 Å². The molecule has 11 atom stereocenters. The number of hydrogen-bond acceptors (Lipinski definition) is 8. The van der Waals surface area contributed by atoms with Crippen LogP contribution in [-0.2, 0) is 29.2 Å². The molecule has 0 amide bonds. The summed E-state index contributed by atoms with van der Waals surface area (Å²) in [6.45, 7) is 19.7. The summed E-state index contributed by atoms with van der Waals surface area (Å²) in [4.78, 5) is 0. The summed E-state index contributed by atoms with van der Waals surface area (Å²) in [7, 11) is -9.69. The Balaban J connectivity index is 0.00000242. The fraction of sp³-hybridized carbons (Fsp3) is 0.933. The topological polar surface area (TPSA) is 133 Å². The first-order chi connectivity index (χ1) is 18.1. The molecule has 0 aromatic heterocycles. The monoisotopic (exact) mass is 646 g/mol. The minimum Gasteiger partial charge on any atom is -0.726 e. The van der Waals surface area contributed by atoms with E-state index in [0.29, 0.717) is 24.7 Å². The van der Waals surface area contributed by atoms with E-state index in [9.17, 15) is 25.9 Å². The molecule has 0 radical (unpaired) electrons. The van der Waals surface area contributed by atoms with Gasteiger partial charge in [-0.15, -0.1) is 0 Å². The quantitative estimate of drug-likeness (QED) is 0.176. The van der Waals surface area contributed by atoms with Crippen LogP contribution in [-0.4, -0.2) is 38.1 Å². The molecule has 0 aliphatic heterocycles. The first-order valence-electron chi connectivity index (χ1n) is 15.0. The summed E-state index contributed by atoms with van der Waals surface area (Å²) in [6.07, 6.45) is 6.09. The van der Waals surface area contributed by atoms with Gasteiger partial charge in [-0.25, -0.2) is 16.8 Å². The first kappa shape index (κ1) is 37.9. The molecule has 5 saturated carbocycles. The van der Waals surface area contributed by atoms with E-state index in [1.165, 1.54) is 0 Å². The van der Waals surface area contributed by atoms with Crippen molar-refractivity contribution in [3.05, 3.63) is 12.2 Å². The van der Waals surface area contributed by atoms with Crippen molar-refractivity contribution in [2.24, 2.45) is 56.7 Å². The molecule has 5 rings (SSSR count). The zero-order valence-electron chi connectivity index (χ0n) is 27.2. The van der Waals surface area contributed by atoms with Crippen LogP contribution in [0.3, 0.4) is 0 Å². The molecule has 12 heteroatoms. The second kappa shape index (κ2) is 11.9. The van der Waals surface area contributed by atoms with Gasteiger partial charge in [0.15, 0.2) is 0 Å². The average Bonchev–Trinajstić information content (AvgIpc) is 3.14. The van der Waals surface area contributed by atoms with E-state index in [-0.39, 0.29) is 93.1 Å². The van der Waals surface area contributed by atoms with Crippen LogP contribution in [0.5, 0.6) is 0 Å². The molecule has 0 bridgehead atoms. The SMILES string of the molecule is C=C(C)[C@@H]1CC[C@@]2(C)[C@H]1[C@H]1CC[C@@H]3[C@@]4(C)CC[C@H](OS(=O)(=O)[O-])C(C)(C)[C@@H]4CC[C@@]3(C)[C@]1(C)C[C@@H]2OS(=O)(=O)[O-].[Na+].[Na+]. The molecule has 0 aromatic carbocycles. The van der Waals surface area contributed by atoms with Gasteiger partial charge in [0, 0.05) is 0 Å². The molecule has 0 N–H and O–H groups in total. The summed E-state index contributed by atoms with van der Waals surface area (Å²) < 4.78 is 81.4. The molecular weight excluding hydrogens is 598 g/mol. The van der Waals surface area contributed by atoms with Gasteiger partial charge in [0.2, 0.25) is 20.8 Å². The number of hydrogen-bond donors (Lipinski definition) is 0. The van der Waals surface area contributed by atoms with Crippen molar-refractivity contribution in [2.75, 3.05) is 0 Å². The third-order valence-electron chi connectivity index (χ3n) is 13.9. The maximum Gasteiger partial charge on any atom is 1.00 e. The minimum atomic E-state index is -4.88. The van der Waals surface area contributed by atoms with E-state index in [1.807, 2.05) is 13.8 Å². The van der Waals surface area contributed by atoms with Gasteiger partial charge in [-0.1, -0.05) is 53.7 Å². The Morgan fingerprint density at radius 1 is 0.714 bits per heavy atom. The zero-order chi connectivity index (χ0) is 29.9. The van der Waals surface area contributed by atoms with Gasteiger partial charge >= 0.3 is 59.1 Å². The van der Waals surface area contributed by atoms with E-state index in [2.05, 4.69) is 41.2 Å². The van der Waals surface area contributed by atoms with Crippen molar-refractivity contribution in [1.29, 1.82) is 0 Å². The van der Waals surface area contributed by atoms with Crippen LogP contribution in [0, 0.1) is 56.7 Å². The smallest absolute Gasteiger partial charge is 0.726 e. The van der Waals surface area contributed by atoms with Crippen molar-refractivity contribution < 1.29 is 93.4 Å². The Morgan fingerprint density at radius 2 is 1.26 bits per heavy atom. The minimum absolute atomic E-state index is 0. The summed E-state index contributed by atoms with van der Waals surface area (Å²) in [5, 5.41) is 0. The van der Waals surface area contributed by atoms with Crippen LogP contribution < -0.4 is 59.1 Å². The van der Waals surface area contributed by atoms with Gasteiger partial charge in [-0.3, -0.25) is 8.37 Å². The van der Waals surface area contributed by atoms with Crippen LogP contribution in [0.25, 0.3) is 0 Å². The third kappa shape index (κ3) is 5.78. The Kier molecular flexibility index (Phi) is 10.7. The van der Waals surface area contributed by atoms with Gasteiger partial charge in [-0.05, 0) is 121 Å². The van der Waals surface area contributed by atoms with Crippen molar-refractivity contribution in [3.63, 3.8) is 0 Å². The van der Waals surface area contributed by atoms with Crippen LogP contribution in [0.2, 0.25) is 0 Å². The fourth-order valence-corrected chi connectivity index (χ4v) is 13.3. The van der Waals surface area contributed by atoms with Gasteiger partial charge in [0.05, 0.1) is 12.2 Å². The maximum atomic E-state index is 12.0. The summed E-state index contributed by atoms with van der Waals surface area (Å²) >= 11 is 0. The molecule has 8 nitrogen and oxygen atoms in total. The molecule has 0 unspecified atom stereocenters. The van der Waals surface area contributed by atoms with Gasteiger partial charge in [0.1, 0.15) is 0 Å². The number of rotatable bonds is 5. The van der Waals surface area contributed by atoms with Gasteiger partial charge in [-0.2, -0.15) is 0 Å². The fourth-order valence-electron chi connectivity index (χ4n) is 12.1. The summed E-state index contributed by atoms with van der Waals surface area (Å²) in [5.74, 6) is 1.32. The first-order valence-corrected chi connectivity index (χ1v) is 17.7. The second-order valence-electron chi connectivity index (χ2n) is 15.7. The van der Waals surface area contributed by atoms with Crippen molar-refractivity contribution in [3.8, 4) is 0 Å². The molecule has 230 valence electrons. The van der Waals surface area contributed by atoms with Crippen LogP contribution in [0.1, 0.15) is 106 Å². The number of allylic oxidation sites excluding steroid dienone is 1. The normalized spacial score (nSPS) is 47.9. The Bertz CT molecular complexity index is 1290. The molecular formula is C30H48Na2O8S2. The van der Waals surface area contributed by atoms with E-state index in [4.69, 9.17) is 8.37 Å². The van der Waals surface area contributed by atoms with Gasteiger partial charge in [0.25, 0.3) is 0 Å². The largest absolute Gasteiger partial charge is 1.00 e. The molecule has 0 heterocycles. The van der Waals surface area contributed by atoms with Crippen LogP contribution in [0.4, 0.5) is 0 Å². The summed E-state index contributed by atoms with van der Waals surface area (Å²) in [5.41, 5.74) is -0.255. The second-order valence-corrected chi connectivity index (χ2v) is 17.8. The molecule has 42 heavy (non-hydrogen) atoms. The van der Waals surface area contributed by atoms with Gasteiger partial charge < -0.3 is 9.11 Å². The molecule has 5 aliphatic carbocycles. The molecule has 0 saturated heterocycles. The van der Waals surface area contributed by atoms with Crippen LogP contribution in [0.15, 0.2) is 12.2 Å². The molecule has 0 spiro atoms. The standard InChI is InChI=1S/C30H50O8S2.2Na/c1-18(2)19-11-14-28(6)24(38-40(34,35)36)17-30(8)20(25(19)28)9-10-22-27(5)15-13-23(37-39(31,32)33)26(3,4)21(27)12-16-29(22,30)7;;/h19-25H,1,9-17H2,2-8H3,(H,31,32,33)(H,34,35,36);;/q;2*+1/p-2/t19-,20+,21-,22+,23-,24-,25+,27-,28+,29+,30+;;/m0../s1.